The SMILES string of the molecule is Nc1cnc(-c2cccc(-c3cc(-c4cccc(-c5cnc(N)cn5)n4)nc(-c4ccccc4)n3)n2)cn1. The van der Waals surface area contributed by atoms with Gasteiger partial charge in [0, 0.05) is 5.56 Å². The summed E-state index contributed by atoms with van der Waals surface area (Å²) in [6.45, 7) is 0. The largest absolute Gasteiger partial charge is 0.382 e. The van der Waals surface area contributed by atoms with Crippen LogP contribution in [0.1, 0.15) is 0 Å². The fraction of sp³-hybridized carbons (Fsp3) is 0. The van der Waals surface area contributed by atoms with Gasteiger partial charge in [0.1, 0.15) is 23.0 Å². The van der Waals surface area contributed by atoms with E-state index in [4.69, 9.17) is 31.4 Å². The summed E-state index contributed by atoms with van der Waals surface area (Å²) in [5, 5.41) is 0. The molecule has 6 rings (SSSR count). The number of aromatic nitrogens is 8. The quantitative estimate of drug-likeness (QED) is 0.352. The number of nitrogens with zero attached hydrogens (tertiary/aromatic N) is 8. The Morgan fingerprint density at radius 2 is 0.868 bits per heavy atom. The van der Waals surface area contributed by atoms with Gasteiger partial charge in [-0.25, -0.2) is 39.9 Å². The highest BCUT2D eigenvalue weighted by Crippen LogP contribution is 2.28. The lowest BCUT2D eigenvalue weighted by molar-refractivity contribution is 1.13. The second-order valence-electron chi connectivity index (χ2n) is 8.30. The lowest BCUT2D eigenvalue weighted by Gasteiger charge is -2.10. The van der Waals surface area contributed by atoms with Gasteiger partial charge in [0.25, 0.3) is 0 Å². The zero-order valence-electron chi connectivity index (χ0n) is 20.0. The minimum Gasteiger partial charge on any atom is -0.382 e. The molecule has 0 aliphatic carbocycles. The molecule has 0 aliphatic heterocycles. The third kappa shape index (κ3) is 4.73. The van der Waals surface area contributed by atoms with Gasteiger partial charge in [0.2, 0.25) is 0 Å². The summed E-state index contributed by atoms with van der Waals surface area (Å²) in [4.78, 5) is 36.2. The van der Waals surface area contributed by atoms with Gasteiger partial charge in [0.15, 0.2) is 5.82 Å². The molecule has 0 bridgehead atoms. The van der Waals surface area contributed by atoms with Crippen molar-refractivity contribution < 1.29 is 0 Å². The first kappa shape index (κ1) is 22.8. The third-order valence-corrected chi connectivity index (χ3v) is 5.65. The number of pyridine rings is 2. The fourth-order valence-electron chi connectivity index (χ4n) is 3.81. The minimum atomic E-state index is 0.345. The zero-order valence-corrected chi connectivity index (χ0v) is 20.0. The molecule has 5 aromatic heterocycles. The van der Waals surface area contributed by atoms with Gasteiger partial charge in [-0.15, -0.1) is 0 Å². The summed E-state index contributed by atoms with van der Waals surface area (Å²) < 4.78 is 0. The highest BCUT2D eigenvalue weighted by atomic mass is 14.9. The maximum Gasteiger partial charge on any atom is 0.160 e. The lowest BCUT2D eigenvalue weighted by Crippen LogP contribution is -2.00. The molecule has 0 amide bonds. The van der Waals surface area contributed by atoms with Gasteiger partial charge < -0.3 is 11.5 Å². The highest BCUT2D eigenvalue weighted by Gasteiger charge is 2.14. The molecule has 5 heterocycles. The van der Waals surface area contributed by atoms with Crippen LogP contribution >= 0.6 is 0 Å². The molecule has 0 unspecified atom stereocenters. The van der Waals surface area contributed by atoms with Crippen molar-refractivity contribution in [3.63, 3.8) is 0 Å². The molecular formula is C28H20N10. The Labute approximate surface area is 217 Å². The molecule has 0 fully saturated rings. The number of hydrogen-bond acceptors (Lipinski definition) is 10. The molecule has 1 aromatic carbocycles. The smallest absolute Gasteiger partial charge is 0.160 e. The number of nitrogens with two attached hydrogens (primary N) is 2. The van der Waals surface area contributed by atoms with Crippen molar-refractivity contribution in [1.29, 1.82) is 0 Å². The van der Waals surface area contributed by atoms with E-state index in [1.807, 2.05) is 72.8 Å². The van der Waals surface area contributed by atoms with Crippen molar-refractivity contribution in [3.05, 3.63) is 97.6 Å². The monoisotopic (exact) mass is 496 g/mol. The van der Waals surface area contributed by atoms with Crippen LogP contribution in [0.3, 0.4) is 0 Å². The topological polar surface area (TPSA) is 155 Å². The molecule has 10 heteroatoms. The summed E-state index contributed by atoms with van der Waals surface area (Å²) in [5.41, 5.74) is 17.4. The molecule has 6 aromatic rings. The van der Waals surface area contributed by atoms with Gasteiger partial charge in [-0.2, -0.15) is 0 Å². The van der Waals surface area contributed by atoms with Crippen LogP contribution in [0, 0.1) is 0 Å². The second kappa shape index (κ2) is 9.78. The molecule has 0 saturated carbocycles. The summed E-state index contributed by atoms with van der Waals surface area (Å²) in [5.74, 6) is 1.24. The predicted molar refractivity (Wildman–Crippen MR) is 145 cm³/mol. The molecule has 0 radical (unpaired) electrons. The number of hydrogen-bond donors (Lipinski definition) is 2. The molecule has 38 heavy (non-hydrogen) atoms. The standard InChI is InChI=1S/C28H20N10/c29-26-15-31-24(13-33-26)20-10-4-8-18(35-20)22-12-23(38-28(37-22)17-6-2-1-3-7-17)19-9-5-11-21(36-19)25-14-34-27(30)16-32-25/h1-16H,(H2,29,33)(H2,30,34). The van der Waals surface area contributed by atoms with Crippen molar-refractivity contribution in [2.45, 2.75) is 0 Å². The van der Waals surface area contributed by atoms with E-state index in [0.717, 1.165) is 5.56 Å². The van der Waals surface area contributed by atoms with Crippen molar-refractivity contribution in [3.8, 4) is 56.9 Å². The average molecular weight is 497 g/mol. The van der Waals surface area contributed by atoms with E-state index in [9.17, 15) is 0 Å². The summed E-state index contributed by atoms with van der Waals surface area (Å²) in [6, 6.07) is 23.0. The molecule has 10 nitrogen and oxygen atoms in total. The van der Waals surface area contributed by atoms with E-state index in [2.05, 4.69) is 19.9 Å². The highest BCUT2D eigenvalue weighted by molar-refractivity contribution is 5.71. The molecule has 4 N–H and O–H groups in total. The molecule has 182 valence electrons. The van der Waals surface area contributed by atoms with Crippen LogP contribution in [0.25, 0.3) is 56.9 Å². The van der Waals surface area contributed by atoms with E-state index >= 15 is 0 Å². The maximum atomic E-state index is 5.69. The minimum absolute atomic E-state index is 0.345. The molecule has 0 saturated heterocycles. The van der Waals surface area contributed by atoms with E-state index in [1.165, 1.54) is 12.4 Å². The summed E-state index contributed by atoms with van der Waals surface area (Å²) in [6.07, 6.45) is 6.20. The predicted octanol–water partition coefficient (Wildman–Crippen LogP) is 4.35. The van der Waals surface area contributed by atoms with Gasteiger partial charge in [-0.05, 0) is 30.3 Å². The van der Waals surface area contributed by atoms with Crippen LogP contribution < -0.4 is 11.5 Å². The Balaban J connectivity index is 1.48. The Morgan fingerprint density at radius 1 is 0.395 bits per heavy atom. The van der Waals surface area contributed by atoms with Crippen LogP contribution in [-0.4, -0.2) is 39.9 Å². The van der Waals surface area contributed by atoms with E-state index in [1.54, 1.807) is 12.4 Å². The molecule has 0 aliphatic rings. The van der Waals surface area contributed by atoms with Gasteiger partial charge in [-0.3, -0.25) is 0 Å². The maximum absolute atomic E-state index is 5.69. The lowest BCUT2D eigenvalue weighted by atomic mass is 10.1. The molecular weight excluding hydrogens is 476 g/mol. The molecule has 0 atom stereocenters. The van der Waals surface area contributed by atoms with Crippen molar-refractivity contribution >= 4 is 11.6 Å². The van der Waals surface area contributed by atoms with Gasteiger partial charge in [0.05, 0.1) is 59.0 Å². The number of benzene rings is 1. The van der Waals surface area contributed by atoms with Crippen molar-refractivity contribution in [2.24, 2.45) is 0 Å². The number of anilines is 2. The van der Waals surface area contributed by atoms with Crippen LogP contribution in [0.5, 0.6) is 0 Å². The first-order chi connectivity index (χ1) is 18.6. The van der Waals surface area contributed by atoms with Crippen molar-refractivity contribution in [1.82, 2.24) is 39.9 Å². The fourth-order valence-corrected chi connectivity index (χ4v) is 3.81. The molecule has 0 spiro atoms. The zero-order chi connectivity index (χ0) is 25.9. The van der Waals surface area contributed by atoms with E-state index in [-0.39, 0.29) is 0 Å². The van der Waals surface area contributed by atoms with E-state index in [0.29, 0.717) is 63.0 Å². The van der Waals surface area contributed by atoms with Crippen LogP contribution in [0.2, 0.25) is 0 Å². The first-order valence-corrected chi connectivity index (χ1v) is 11.7. The van der Waals surface area contributed by atoms with Crippen LogP contribution in [0.4, 0.5) is 11.6 Å². The third-order valence-electron chi connectivity index (χ3n) is 5.65. The van der Waals surface area contributed by atoms with Crippen LogP contribution in [0.15, 0.2) is 97.6 Å². The average Bonchev–Trinajstić information content (AvgIpc) is 2.98. The first-order valence-electron chi connectivity index (χ1n) is 11.7. The van der Waals surface area contributed by atoms with Crippen LogP contribution in [-0.2, 0) is 0 Å². The Hall–Kier alpha value is -5.64. The number of nitrogen functional groups attached to an aromatic ring is 2. The second-order valence-corrected chi connectivity index (χ2v) is 8.30. The summed E-state index contributed by atoms with van der Waals surface area (Å²) in [7, 11) is 0. The van der Waals surface area contributed by atoms with E-state index < -0.39 is 0 Å². The normalized spacial score (nSPS) is 10.8. The van der Waals surface area contributed by atoms with Gasteiger partial charge in [-0.1, -0.05) is 42.5 Å². The Morgan fingerprint density at radius 3 is 1.32 bits per heavy atom. The van der Waals surface area contributed by atoms with Gasteiger partial charge >= 0.3 is 0 Å². The Kier molecular flexibility index (Phi) is 5.87. The summed E-state index contributed by atoms with van der Waals surface area (Å²) >= 11 is 0. The Bertz CT molecular complexity index is 1610. The van der Waals surface area contributed by atoms with Crippen molar-refractivity contribution in [2.75, 3.05) is 11.5 Å². The number of rotatable bonds is 5.